The number of hydrogen-bond acceptors (Lipinski definition) is 4. The van der Waals surface area contributed by atoms with Crippen molar-refractivity contribution in [3.8, 4) is 5.75 Å². The van der Waals surface area contributed by atoms with Crippen molar-refractivity contribution in [1.29, 1.82) is 0 Å². The van der Waals surface area contributed by atoms with Crippen LogP contribution in [0.2, 0.25) is 5.02 Å². The summed E-state index contributed by atoms with van der Waals surface area (Å²) < 4.78 is 32.6. The Balaban J connectivity index is 2.33. The molecule has 0 aromatic heterocycles. The molecular formula is C20H25ClN2O4S. The molecule has 0 spiro atoms. The van der Waals surface area contributed by atoms with Gasteiger partial charge in [-0.2, -0.15) is 0 Å². The number of anilines is 1. The lowest BCUT2D eigenvalue weighted by Gasteiger charge is -2.24. The van der Waals surface area contributed by atoms with Crippen LogP contribution < -0.4 is 14.4 Å². The third kappa shape index (κ3) is 5.62. The fourth-order valence-electron chi connectivity index (χ4n) is 2.63. The summed E-state index contributed by atoms with van der Waals surface area (Å²) in [5.74, 6) is 0.0500. The molecule has 0 fully saturated rings. The molecule has 152 valence electrons. The number of rotatable bonds is 10. The van der Waals surface area contributed by atoms with Crippen LogP contribution in [0, 0.1) is 0 Å². The number of carbonyl (C=O) groups excluding carboxylic acids is 1. The second kappa shape index (κ2) is 10.3. The zero-order valence-corrected chi connectivity index (χ0v) is 17.6. The van der Waals surface area contributed by atoms with Crippen LogP contribution in [0.25, 0.3) is 0 Å². The van der Waals surface area contributed by atoms with Gasteiger partial charge in [0.05, 0.1) is 22.7 Å². The van der Waals surface area contributed by atoms with Crippen molar-refractivity contribution in [3.05, 3.63) is 53.6 Å². The first-order valence-corrected chi connectivity index (χ1v) is 10.9. The number of benzene rings is 2. The van der Waals surface area contributed by atoms with Crippen LogP contribution >= 0.6 is 11.6 Å². The number of ether oxygens (including phenoxy) is 1. The standard InChI is InChI=1S/C20H25ClN2O4S/c1-3-4-8-13-22-20(24)15-23(16-11-12-19(27-2)18(21)14-16)28(25,26)17-9-6-5-7-10-17/h5-7,9-12,14H,3-4,8,13,15H2,1-2H3,(H,22,24). The van der Waals surface area contributed by atoms with E-state index in [1.54, 1.807) is 30.3 Å². The number of hydrogen-bond donors (Lipinski definition) is 1. The minimum Gasteiger partial charge on any atom is -0.495 e. The summed E-state index contributed by atoms with van der Waals surface area (Å²) in [4.78, 5) is 12.5. The van der Waals surface area contributed by atoms with Gasteiger partial charge in [-0.1, -0.05) is 49.6 Å². The number of sulfonamides is 1. The second-order valence-electron chi connectivity index (χ2n) is 6.20. The van der Waals surface area contributed by atoms with Gasteiger partial charge in [-0.05, 0) is 36.8 Å². The predicted molar refractivity (Wildman–Crippen MR) is 112 cm³/mol. The molecule has 0 saturated heterocycles. The summed E-state index contributed by atoms with van der Waals surface area (Å²) in [5, 5.41) is 3.04. The topological polar surface area (TPSA) is 75.7 Å². The minimum atomic E-state index is -3.95. The number of halogens is 1. The lowest BCUT2D eigenvalue weighted by Crippen LogP contribution is -2.41. The van der Waals surface area contributed by atoms with Gasteiger partial charge in [0, 0.05) is 6.54 Å². The van der Waals surface area contributed by atoms with Crippen LogP contribution in [0.4, 0.5) is 5.69 Å². The molecule has 8 heteroatoms. The molecule has 28 heavy (non-hydrogen) atoms. The first kappa shape index (κ1) is 22.0. The maximum Gasteiger partial charge on any atom is 0.264 e. The minimum absolute atomic E-state index is 0.0979. The van der Waals surface area contributed by atoms with Gasteiger partial charge in [-0.3, -0.25) is 9.10 Å². The van der Waals surface area contributed by atoms with Gasteiger partial charge in [0.25, 0.3) is 10.0 Å². The van der Waals surface area contributed by atoms with Crippen LogP contribution in [0.15, 0.2) is 53.4 Å². The molecule has 0 saturated carbocycles. The second-order valence-corrected chi connectivity index (χ2v) is 8.47. The maximum absolute atomic E-state index is 13.2. The average molecular weight is 425 g/mol. The number of nitrogens with one attached hydrogen (secondary N) is 1. The molecule has 2 rings (SSSR count). The quantitative estimate of drug-likeness (QED) is 0.588. The number of amides is 1. The fourth-order valence-corrected chi connectivity index (χ4v) is 4.32. The molecule has 0 aliphatic rings. The Hall–Kier alpha value is -2.25. The lowest BCUT2D eigenvalue weighted by atomic mass is 10.2. The van der Waals surface area contributed by atoms with Crippen LogP contribution in [-0.4, -0.2) is 34.5 Å². The highest BCUT2D eigenvalue weighted by atomic mass is 35.5. The Bertz CT molecular complexity index is 888. The first-order chi connectivity index (χ1) is 13.4. The van der Waals surface area contributed by atoms with E-state index in [2.05, 4.69) is 12.2 Å². The van der Waals surface area contributed by atoms with E-state index in [4.69, 9.17) is 16.3 Å². The van der Waals surface area contributed by atoms with E-state index in [9.17, 15) is 13.2 Å². The summed E-state index contributed by atoms with van der Waals surface area (Å²) in [5.41, 5.74) is 0.290. The van der Waals surface area contributed by atoms with E-state index in [1.165, 1.54) is 25.3 Å². The van der Waals surface area contributed by atoms with Gasteiger partial charge < -0.3 is 10.1 Å². The third-order valence-corrected chi connectivity index (χ3v) is 6.23. The van der Waals surface area contributed by atoms with Gasteiger partial charge >= 0.3 is 0 Å². The highest BCUT2D eigenvalue weighted by Crippen LogP contribution is 2.31. The molecule has 0 unspecified atom stereocenters. The smallest absolute Gasteiger partial charge is 0.264 e. The van der Waals surface area contributed by atoms with E-state index in [-0.39, 0.29) is 22.4 Å². The fraction of sp³-hybridized carbons (Fsp3) is 0.350. The average Bonchev–Trinajstić information content (AvgIpc) is 2.70. The van der Waals surface area contributed by atoms with E-state index < -0.39 is 10.0 Å². The molecule has 0 heterocycles. The molecule has 0 aliphatic heterocycles. The van der Waals surface area contributed by atoms with Crippen LogP contribution in [0.3, 0.4) is 0 Å². The molecule has 6 nitrogen and oxygen atoms in total. The summed E-state index contributed by atoms with van der Waals surface area (Å²) in [6.07, 6.45) is 2.89. The molecule has 2 aromatic carbocycles. The maximum atomic E-state index is 13.2. The van der Waals surface area contributed by atoms with Gasteiger partial charge in [0.2, 0.25) is 5.91 Å². The zero-order chi connectivity index (χ0) is 20.6. The summed E-state index contributed by atoms with van der Waals surface area (Å²) in [6.45, 7) is 2.24. The zero-order valence-electron chi connectivity index (χ0n) is 16.0. The van der Waals surface area contributed by atoms with Crippen molar-refractivity contribution in [2.45, 2.75) is 31.1 Å². The molecule has 0 radical (unpaired) electrons. The highest BCUT2D eigenvalue weighted by Gasteiger charge is 2.27. The largest absolute Gasteiger partial charge is 0.495 e. The molecule has 0 bridgehead atoms. The van der Waals surface area contributed by atoms with Gasteiger partial charge in [0.15, 0.2) is 0 Å². The van der Waals surface area contributed by atoms with Gasteiger partial charge in [-0.25, -0.2) is 8.42 Å². The first-order valence-electron chi connectivity index (χ1n) is 9.08. The Morgan fingerprint density at radius 2 is 1.86 bits per heavy atom. The molecule has 0 atom stereocenters. The van der Waals surface area contributed by atoms with Gasteiger partial charge in [-0.15, -0.1) is 0 Å². The number of unbranched alkanes of at least 4 members (excludes halogenated alkanes) is 2. The van der Waals surface area contributed by atoms with E-state index in [1.807, 2.05) is 0 Å². The Kier molecular flexibility index (Phi) is 8.14. The summed E-state index contributed by atoms with van der Waals surface area (Å²) in [6, 6.07) is 12.6. The van der Waals surface area contributed by atoms with Crippen molar-refractivity contribution in [1.82, 2.24) is 5.32 Å². The Morgan fingerprint density at radius 3 is 2.46 bits per heavy atom. The van der Waals surface area contributed by atoms with E-state index >= 15 is 0 Å². The third-order valence-electron chi connectivity index (χ3n) is 4.14. The van der Waals surface area contributed by atoms with Crippen molar-refractivity contribution in [2.75, 3.05) is 24.5 Å². The lowest BCUT2D eigenvalue weighted by molar-refractivity contribution is -0.119. The van der Waals surface area contributed by atoms with Crippen LogP contribution in [-0.2, 0) is 14.8 Å². The monoisotopic (exact) mass is 424 g/mol. The predicted octanol–water partition coefficient (Wildman–Crippen LogP) is 3.85. The summed E-state index contributed by atoms with van der Waals surface area (Å²) >= 11 is 6.18. The molecular weight excluding hydrogens is 400 g/mol. The van der Waals surface area contributed by atoms with E-state index in [0.717, 1.165) is 23.6 Å². The molecule has 2 aromatic rings. The number of carbonyl (C=O) groups is 1. The molecule has 1 N–H and O–H groups in total. The number of nitrogens with zero attached hydrogens (tertiary/aromatic N) is 1. The van der Waals surface area contributed by atoms with Crippen LogP contribution in [0.1, 0.15) is 26.2 Å². The van der Waals surface area contributed by atoms with Crippen molar-refractivity contribution in [2.24, 2.45) is 0 Å². The normalized spacial score (nSPS) is 11.1. The molecule has 0 aliphatic carbocycles. The Labute approximate surface area is 171 Å². The van der Waals surface area contributed by atoms with E-state index in [0.29, 0.717) is 18.0 Å². The van der Waals surface area contributed by atoms with Crippen molar-refractivity contribution < 1.29 is 17.9 Å². The van der Waals surface area contributed by atoms with Crippen molar-refractivity contribution >= 4 is 33.2 Å². The summed E-state index contributed by atoms with van der Waals surface area (Å²) in [7, 11) is -2.47. The van der Waals surface area contributed by atoms with Gasteiger partial charge in [0.1, 0.15) is 12.3 Å². The number of methoxy groups -OCH3 is 1. The highest BCUT2D eigenvalue weighted by molar-refractivity contribution is 7.92. The van der Waals surface area contributed by atoms with Crippen LogP contribution in [0.5, 0.6) is 5.75 Å². The SMILES string of the molecule is CCCCCNC(=O)CN(c1ccc(OC)c(Cl)c1)S(=O)(=O)c1ccccc1. The Morgan fingerprint density at radius 1 is 1.14 bits per heavy atom. The van der Waals surface area contributed by atoms with Crippen molar-refractivity contribution in [3.63, 3.8) is 0 Å². The molecule has 1 amide bonds.